The minimum atomic E-state index is -4.90. The summed E-state index contributed by atoms with van der Waals surface area (Å²) in [6.45, 7) is 3.98. The molecule has 3 aromatic rings. The Kier molecular flexibility index (Phi) is 9.75. The average Bonchev–Trinajstić information content (AvgIpc) is 3.67. The van der Waals surface area contributed by atoms with Gasteiger partial charge in [-0.05, 0) is 97.9 Å². The summed E-state index contributed by atoms with van der Waals surface area (Å²) in [4.78, 5) is 2.43. The maximum atomic E-state index is 13.3. The summed E-state index contributed by atoms with van der Waals surface area (Å²) in [5, 5.41) is 3.92. The maximum absolute atomic E-state index is 13.3. The van der Waals surface area contributed by atoms with Crippen molar-refractivity contribution in [2.24, 2.45) is 5.92 Å². The lowest BCUT2D eigenvalue weighted by molar-refractivity contribution is -0.143. The van der Waals surface area contributed by atoms with Crippen LogP contribution in [0.5, 0.6) is 0 Å². The Morgan fingerprint density at radius 3 is 2.10 bits per heavy atom. The van der Waals surface area contributed by atoms with Gasteiger partial charge in [0.15, 0.2) is 5.82 Å². The van der Waals surface area contributed by atoms with E-state index in [0.29, 0.717) is 23.7 Å². The fraction of sp³-hybridized carbons (Fsp3) is 0.516. The zero-order valence-electron chi connectivity index (χ0n) is 23.5. The molecule has 0 saturated heterocycles. The van der Waals surface area contributed by atoms with Gasteiger partial charge in [-0.3, -0.25) is 0 Å². The molecule has 0 aliphatic heterocycles. The van der Waals surface area contributed by atoms with E-state index in [0.717, 1.165) is 55.7 Å². The highest BCUT2D eigenvalue weighted by Gasteiger charge is 2.37. The number of nitrogens with two attached hydrogens (primary N) is 1. The molecule has 2 aliphatic rings. The van der Waals surface area contributed by atoms with Gasteiger partial charge in [0.25, 0.3) is 0 Å². The number of halogens is 7. The van der Waals surface area contributed by atoms with E-state index in [4.69, 9.17) is 10.3 Å². The summed E-state index contributed by atoms with van der Waals surface area (Å²) < 4.78 is 85.6. The summed E-state index contributed by atoms with van der Waals surface area (Å²) in [6, 6.07) is 6.18. The Balaban J connectivity index is 0.00000405. The lowest BCUT2D eigenvalue weighted by Crippen LogP contribution is -2.29. The second-order valence-electron chi connectivity index (χ2n) is 11.4. The fourth-order valence-corrected chi connectivity index (χ4v) is 6.36. The Hall–Kier alpha value is -2.88. The first-order chi connectivity index (χ1) is 19.4. The molecule has 0 bridgehead atoms. The van der Waals surface area contributed by atoms with Gasteiger partial charge in [-0.2, -0.15) is 26.3 Å². The third kappa shape index (κ3) is 7.18. The van der Waals surface area contributed by atoms with Crippen LogP contribution in [0.4, 0.5) is 37.8 Å². The number of alkyl halides is 6. The Bertz CT molecular complexity index is 1350. The fourth-order valence-electron chi connectivity index (χ4n) is 6.36. The maximum Gasteiger partial charge on any atom is 0.416 e. The van der Waals surface area contributed by atoms with Crippen molar-refractivity contribution >= 4 is 23.9 Å². The number of fused-ring (bicyclic) bond motifs is 1. The Morgan fingerprint density at radius 1 is 0.881 bits per heavy atom. The van der Waals surface area contributed by atoms with E-state index in [9.17, 15) is 26.3 Å². The smallest absolute Gasteiger partial charge is 0.381 e. The molecule has 0 spiro atoms. The number of aryl methyl sites for hydroxylation is 4. The van der Waals surface area contributed by atoms with E-state index < -0.39 is 23.5 Å². The van der Waals surface area contributed by atoms with E-state index >= 15 is 0 Å². The van der Waals surface area contributed by atoms with Crippen LogP contribution in [0.25, 0.3) is 0 Å². The highest BCUT2D eigenvalue weighted by Crippen LogP contribution is 2.38. The van der Waals surface area contributed by atoms with Gasteiger partial charge < -0.3 is 15.2 Å². The number of anilines is 2. The Morgan fingerprint density at radius 2 is 1.50 bits per heavy atom. The monoisotopic (exact) mass is 615 g/mol. The van der Waals surface area contributed by atoms with E-state index in [2.05, 4.69) is 29.1 Å². The van der Waals surface area contributed by atoms with Gasteiger partial charge in [0.05, 0.1) is 11.1 Å². The van der Waals surface area contributed by atoms with Gasteiger partial charge in [-0.1, -0.05) is 24.1 Å². The molecular formula is C31H36ClF6N3O. The molecule has 2 N–H and O–H groups in total. The molecule has 1 fully saturated rings. The van der Waals surface area contributed by atoms with Crippen molar-refractivity contribution in [1.82, 2.24) is 5.16 Å². The summed E-state index contributed by atoms with van der Waals surface area (Å²) in [7, 11) is 0. The van der Waals surface area contributed by atoms with Gasteiger partial charge >= 0.3 is 12.4 Å². The van der Waals surface area contributed by atoms with Gasteiger partial charge in [0.1, 0.15) is 5.76 Å². The number of hydrogen-bond acceptors (Lipinski definition) is 4. The molecule has 1 heterocycles. The molecule has 42 heavy (non-hydrogen) atoms. The summed E-state index contributed by atoms with van der Waals surface area (Å²) in [6.07, 6.45) is -1.27. The Labute approximate surface area is 248 Å². The molecular weight excluding hydrogens is 580 g/mol. The first-order valence-electron chi connectivity index (χ1n) is 14.3. The molecule has 230 valence electrons. The van der Waals surface area contributed by atoms with Crippen LogP contribution in [0.1, 0.15) is 83.7 Å². The number of aromatic nitrogens is 1. The minimum absolute atomic E-state index is 0. The van der Waals surface area contributed by atoms with E-state index in [1.165, 1.54) is 36.8 Å². The van der Waals surface area contributed by atoms with Crippen LogP contribution >= 0.6 is 12.4 Å². The summed E-state index contributed by atoms with van der Waals surface area (Å²) >= 11 is 0. The SMILES string of the molecule is CCN(CC1CCCC1)c1cc2c(cc1Cc1c(N)noc1CCc1cc(C(F)(F)F)cc(C(F)(F)F)c1)CCC2.Cl. The zero-order chi connectivity index (χ0) is 29.4. The average molecular weight is 616 g/mol. The molecule has 4 nitrogen and oxygen atoms in total. The van der Waals surface area contributed by atoms with Crippen molar-refractivity contribution in [2.75, 3.05) is 23.7 Å². The molecule has 2 aliphatic carbocycles. The highest BCUT2D eigenvalue weighted by atomic mass is 35.5. The molecule has 11 heteroatoms. The normalized spacial score (nSPS) is 15.6. The minimum Gasteiger partial charge on any atom is -0.381 e. The second-order valence-corrected chi connectivity index (χ2v) is 11.4. The van der Waals surface area contributed by atoms with Crippen molar-refractivity contribution in [3.63, 3.8) is 0 Å². The van der Waals surface area contributed by atoms with Crippen LogP contribution in [0, 0.1) is 5.92 Å². The third-order valence-electron chi connectivity index (χ3n) is 8.52. The van der Waals surface area contributed by atoms with Crippen molar-refractivity contribution in [3.05, 3.63) is 75.0 Å². The van der Waals surface area contributed by atoms with Crippen molar-refractivity contribution < 1.29 is 30.9 Å². The van der Waals surface area contributed by atoms with Crippen molar-refractivity contribution in [1.29, 1.82) is 0 Å². The quantitative estimate of drug-likeness (QED) is 0.245. The second kappa shape index (κ2) is 12.8. The standard InChI is InChI=1S/C31H35F6N3O.ClH/c1-2-40(18-19-6-3-4-7-19)27-16-22-9-5-8-21(22)14-23(27)15-26-28(41-39-29(26)38)11-10-20-12-24(30(32,33)34)17-25(13-20)31(35,36)37;/h12-14,16-17,19H,2-11,15,18H2,1H3,(H2,38,39);1H. The lowest BCUT2D eigenvalue weighted by Gasteiger charge is -2.29. The van der Waals surface area contributed by atoms with Crippen LogP contribution in [-0.4, -0.2) is 18.2 Å². The van der Waals surface area contributed by atoms with E-state index in [1.807, 2.05) is 0 Å². The molecule has 1 aromatic heterocycles. The number of benzene rings is 2. The lowest BCUT2D eigenvalue weighted by atomic mass is 9.95. The zero-order valence-corrected chi connectivity index (χ0v) is 24.3. The molecule has 2 aromatic carbocycles. The highest BCUT2D eigenvalue weighted by molar-refractivity contribution is 5.85. The molecule has 0 atom stereocenters. The van der Waals surface area contributed by atoms with E-state index in [1.54, 1.807) is 0 Å². The van der Waals surface area contributed by atoms with Crippen LogP contribution in [0.2, 0.25) is 0 Å². The predicted molar refractivity (Wildman–Crippen MR) is 153 cm³/mol. The third-order valence-corrected chi connectivity index (χ3v) is 8.52. The van der Waals surface area contributed by atoms with Gasteiger partial charge in [-0.15, -0.1) is 12.4 Å². The number of nitrogens with zero attached hydrogens (tertiary/aromatic N) is 2. The van der Waals surface area contributed by atoms with E-state index in [-0.39, 0.29) is 42.7 Å². The van der Waals surface area contributed by atoms with Gasteiger partial charge in [-0.25, -0.2) is 0 Å². The molecule has 0 unspecified atom stereocenters. The first kappa shape index (κ1) is 32.0. The number of nitrogen functional groups attached to an aromatic ring is 1. The van der Waals surface area contributed by atoms with Crippen LogP contribution in [-0.2, 0) is 44.5 Å². The topological polar surface area (TPSA) is 55.3 Å². The van der Waals surface area contributed by atoms with Gasteiger partial charge in [0.2, 0.25) is 0 Å². The van der Waals surface area contributed by atoms with Crippen molar-refractivity contribution in [3.8, 4) is 0 Å². The summed E-state index contributed by atoms with van der Waals surface area (Å²) in [5.41, 5.74) is 9.00. The number of hydrogen-bond donors (Lipinski definition) is 1. The molecule has 1 saturated carbocycles. The van der Waals surface area contributed by atoms with Crippen LogP contribution < -0.4 is 10.6 Å². The van der Waals surface area contributed by atoms with Crippen LogP contribution in [0.15, 0.2) is 34.9 Å². The first-order valence-corrected chi connectivity index (χ1v) is 14.3. The molecule has 0 amide bonds. The van der Waals surface area contributed by atoms with Crippen LogP contribution in [0.3, 0.4) is 0 Å². The largest absolute Gasteiger partial charge is 0.416 e. The number of rotatable bonds is 9. The molecule has 0 radical (unpaired) electrons. The summed E-state index contributed by atoms with van der Waals surface area (Å²) in [5.74, 6) is 1.21. The van der Waals surface area contributed by atoms with Gasteiger partial charge in [0, 0.05) is 37.2 Å². The molecule has 5 rings (SSSR count). The predicted octanol–water partition coefficient (Wildman–Crippen LogP) is 8.60. The van der Waals surface area contributed by atoms with Crippen molar-refractivity contribution in [2.45, 2.75) is 83.5 Å².